The van der Waals surface area contributed by atoms with Gasteiger partial charge in [0, 0.05) is 5.75 Å². The molecular formula is C19H18Cl2N2S3. The van der Waals surface area contributed by atoms with Gasteiger partial charge in [-0.25, -0.2) is 4.68 Å². The fraction of sp³-hybridized carbons (Fsp3) is 0.263. The van der Waals surface area contributed by atoms with Crippen LogP contribution in [-0.2, 0) is 11.2 Å². The van der Waals surface area contributed by atoms with Crippen LogP contribution in [0.5, 0.6) is 0 Å². The Labute approximate surface area is 177 Å². The molecule has 2 aromatic carbocycles. The van der Waals surface area contributed by atoms with Crippen LogP contribution in [0.15, 0.2) is 46.8 Å². The molecule has 7 heteroatoms. The van der Waals surface area contributed by atoms with Crippen molar-refractivity contribution in [3.8, 4) is 5.69 Å². The molecule has 0 saturated heterocycles. The zero-order valence-electron chi connectivity index (χ0n) is 14.6. The number of hydrogen-bond donors (Lipinski definition) is 0. The Morgan fingerprint density at radius 1 is 1.08 bits per heavy atom. The van der Waals surface area contributed by atoms with Crippen molar-refractivity contribution in [2.75, 3.05) is 0 Å². The minimum absolute atomic E-state index is 0.170. The first-order valence-corrected chi connectivity index (χ1v) is 11.0. The van der Waals surface area contributed by atoms with Gasteiger partial charge in [0.25, 0.3) is 0 Å². The van der Waals surface area contributed by atoms with E-state index in [1.165, 1.54) is 22.5 Å². The van der Waals surface area contributed by atoms with Gasteiger partial charge in [-0.1, -0.05) is 91.3 Å². The van der Waals surface area contributed by atoms with Gasteiger partial charge < -0.3 is 0 Å². The summed E-state index contributed by atoms with van der Waals surface area (Å²) < 4.78 is 3.35. The predicted octanol–water partition coefficient (Wildman–Crippen LogP) is 7.56. The molecule has 0 saturated carbocycles. The standard InChI is InChI=1S/C19H18Cl2N2S3/c1-19(2,3)13-6-4-12(5-7-13)11-25-17-22-23(18(24)26-17)14-8-9-15(20)16(21)10-14/h4-10H,11H2,1-3H3. The van der Waals surface area contributed by atoms with E-state index in [0.29, 0.717) is 14.0 Å². The second-order valence-electron chi connectivity index (χ2n) is 6.88. The molecule has 3 aromatic rings. The monoisotopic (exact) mass is 440 g/mol. The van der Waals surface area contributed by atoms with Crippen molar-refractivity contribution in [3.63, 3.8) is 0 Å². The van der Waals surface area contributed by atoms with E-state index in [-0.39, 0.29) is 5.41 Å². The number of nitrogens with zero attached hydrogens (tertiary/aromatic N) is 2. The van der Waals surface area contributed by atoms with Crippen molar-refractivity contribution >= 4 is 58.5 Å². The molecule has 26 heavy (non-hydrogen) atoms. The first kappa shape index (κ1) is 19.9. The normalized spacial score (nSPS) is 11.7. The van der Waals surface area contributed by atoms with E-state index in [2.05, 4.69) is 50.1 Å². The van der Waals surface area contributed by atoms with Crippen molar-refractivity contribution in [1.29, 1.82) is 0 Å². The molecule has 0 bridgehead atoms. The van der Waals surface area contributed by atoms with E-state index in [0.717, 1.165) is 15.8 Å². The highest BCUT2D eigenvalue weighted by atomic mass is 35.5. The number of hydrogen-bond acceptors (Lipinski definition) is 4. The van der Waals surface area contributed by atoms with Crippen LogP contribution in [0.25, 0.3) is 5.69 Å². The molecule has 1 aromatic heterocycles. The molecule has 3 rings (SSSR count). The minimum Gasteiger partial charge on any atom is -0.211 e. The van der Waals surface area contributed by atoms with Gasteiger partial charge in [0.05, 0.1) is 15.7 Å². The fourth-order valence-corrected chi connectivity index (χ4v) is 4.95. The number of rotatable bonds is 4. The summed E-state index contributed by atoms with van der Waals surface area (Å²) in [5, 5.41) is 5.63. The molecule has 2 nitrogen and oxygen atoms in total. The third kappa shape index (κ3) is 4.70. The Morgan fingerprint density at radius 3 is 2.38 bits per heavy atom. The highest BCUT2D eigenvalue weighted by Crippen LogP contribution is 2.30. The zero-order valence-corrected chi connectivity index (χ0v) is 18.6. The summed E-state index contributed by atoms with van der Waals surface area (Å²) in [5.74, 6) is 0.855. The van der Waals surface area contributed by atoms with Crippen LogP contribution in [0.2, 0.25) is 10.0 Å². The predicted molar refractivity (Wildman–Crippen MR) is 117 cm³/mol. The molecule has 0 aliphatic rings. The maximum absolute atomic E-state index is 6.10. The lowest BCUT2D eigenvalue weighted by molar-refractivity contribution is 0.590. The highest BCUT2D eigenvalue weighted by Gasteiger charge is 2.13. The summed E-state index contributed by atoms with van der Waals surface area (Å²) in [4.78, 5) is 0. The molecule has 0 unspecified atom stereocenters. The molecule has 0 aliphatic carbocycles. The van der Waals surface area contributed by atoms with E-state index in [4.69, 9.17) is 35.4 Å². The van der Waals surface area contributed by atoms with Gasteiger partial charge in [0.1, 0.15) is 0 Å². The lowest BCUT2D eigenvalue weighted by Crippen LogP contribution is -2.10. The van der Waals surface area contributed by atoms with Gasteiger partial charge in [-0.05, 0) is 47.0 Å². The van der Waals surface area contributed by atoms with E-state index in [9.17, 15) is 0 Å². The Kier molecular flexibility index (Phi) is 6.14. The Morgan fingerprint density at radius 2 is 1.77 bits per heavy atom. The third-order valence-corrected chi connectivity index (χ3v) is 7.03. The Hall–Kier alpha value is -0.850. The minimum atomic E-state index is 0.170. The van der Waals surface area contributed by atoms with Crippen molar-refractivity contribution in [2.24, 2.45) is 0 Å². The number of thioether (sulfide) groups is 1. The number of benzene rings is 2. The second-order valence-corrected chi connectivity index (χ2v) is 10.5. The van der Waals surface area contributed by atoms with Gasteiger partial charge in [0.15, 0.2) is 8.29 Å². The molecule has 0 amide bonds. The topological polar surface area (TPSA) is 17.8 Å². The molecule has 136 valence electrons. The average molecular weight is 441 g/mol. The first-order valence-electron chi connectivity index (χ1n) is 8.02. The Balaban J connectivity index is 1.73. The maximum Gasteiger partial charge on any atom is 0.184 e. The molecule has 0 N–H and O–H groups in total. The van der Waals surface area contributed by atoms with Gasteiger partial charge in [-0.15, -0.1) is 5.10 Å². The lowest BCUT2D eigenvalue weighted by atomic mass is 9.87. The van der Waals surface area contributed by atoms with Gasteiger partial charge in [-0.3, -0.25) is 0 Å². The van der Waals surface area contributed by atoms with Crippen molar-refractivity contribution in [2.45, 2.75) is 36.3 Å². The fourth-order valence-electron chi connectivity index (χ4n) is 2.35. The van der Waals surface area contributed by atoms with E-state index in [1.54, 1.807) is 28.6 Å². The molecule has 0 fully saturated rings. The van der Waals surface area contributed by atoms with Crippen LogP contribution in [0.4, 0.5) is 0 Å². The summed E-state index contributed by atoms with van der Waals surface area (Å²) in [6, 6.07) is 14.2. The summed E-state index contributed by atoms with van der Waals surface area (Å²) in [5.41, 5.74) is 3.60. The number of aromatic nitrogens is 2. The summed E-state index contributed by atoms with van der Waals surface area (Å²) >= 11 is 20.7. The first-order chi connectivity index (χ1) is 12.2. The molecule has 0 atom stereocenters. The SMILES string of the molecule is CC(C)(C)c1ccc(CSc2nn(-c3ccc(Cl)c(Cl)c3)c(=S)s2)cc1. The van der Waals surface area contributed by atoms with Crippen molar-refractivity contribution in [1.82, 2.24) is 9.78 Å². The molecule has 0 radical (unpaired) electrons. The van der Waals surface area contributed by atoms with Crippen LogP contribution >= 0.6 is 58.5 Å². The van der Waals surface area contributed by atoms with Gasteiger partial charge >= 0.3 is 0 Å². The zero-order chi connectivity index (χ0) is 18.9. The molecule has 1 heterocycles. The number of halogens is 2. The molecular weight excluding hydrogens is 423 g/mol. The van der Waals surface area contributed by atoms with Crippen LogP contribution in [-0.4, -0.2) is 9.78 Å². The van der Waals surface area contributed by atoms with E-state index in [1.807, 2.05) is 6.07 Å². The smallest absolute Gasteiger partial charge is 0.184 e. The largest absolute Gasteiger partial charge is 0.211 e. The summed E-state index contributed by atoms with van der Waals surface area (Å²) in [6.45, 7) is 6.66. The average Bonchev–Trinajstić information content (AvgIpc) is 2.96. The Bertz CT molecular complexity index is 970. The third-order valence-electron chi connectivity index (χ3n) is 3.86. The second kappa shape index (κ2) is 8.03. The molecule has 0 aliphatic heterocycles. The maximum atomic E-state index is 6.10. The highest BCUT2D eigenvalue weighted by molar-refractivity contribution is 8.00. The van der Waals surface area contributed by atoms with E-state index < -0.39 is 0 Å². The lowest BCUT2D eigenvalue weighted by Gasteiger charge is -2.19. The van der Waals surface area contributed by atoms with Gasteiger partial charge in [0.2, 0.25) is 0 Å². The van der Waals surface area contributed by atoms with Crippen LogP contribution < -0.4 is 0 Å². The van der Waals surface area contributed by atoms with Crippen LogP contribution in [0.3, 0.4) is 0 Å². The summed E-state index contributed by atoms with van der Waals surface area (Å²) in [6.07, 6.45) is 0. The van der Waals surface area contributed by atoms with Crippen LogP contribution in [0, 0.1) is 3.95 Å². The van der Waals surface area contributed by atoms with E-state index >= 15 is 0 Å². The van der Waals surface area contributed by atoms with Crippen molar-refractivity contribution < 1.29 is 0 Å². The van der Waals surface area contributed by atoms with Crippen molar-refractivity contribution in [3.05, 3.63) is 67.6 Å². The van der Waals surface area contributed by atoms with Crippen LogP contribution in [0.1, 0.15) is 31.9 Å². The quantitative estimate of drug-likeness (QED) is 0.307. The summed E-state index contributed by atoms with van der Waals surface area (Å²) in [7, 11) is 0. The molecule has 0 spiro atoms. The van der Waals surface area contributed by atoms with Gasteiger partial charge in [-0.2, -0.15) is 0 Å².